The van der Waals surface area contributed by atoms with Crippen LogP contribution in [-0.2, 0) is 0 Å². The minimum atomic E-state index is 1.10. The Kier molecular flexibility index (Phi) is 6.03. The van der Waals surface area contributed by atoms with Crippen LogP contribution in [0.2, 0.25) is 0 Å². The van der Waals surface area contributed by atoms with Crippen LogP contribution in [-0.4, -0.2) is 17.3 Å². The Balaban J connectivity index is 5.51. The molecule has 0 rings (SSSR count). The second-order valence-electron chi connectivity index (χ2n) is 3.27. The first-order valence-electron chi connectivity index (χ1n) is 4.90. The van der Waals surface area contributed by atoms with Crippen molar-refractivity contribution >= 4 is 5.71 Å². The average Bonchev–Trinajstić information content (AvgIpc) is 2.27. The van der Waals surface area contributed by atoms with E-state index in [9.17, 15) is 0 Å². The second-order valence-corrected chi connectivity index (χ2v) is 3.27. The second kappa shape index (κ2) is 6.77. The highest BCUT2D eigenvalue weighted by molar-refractivity contribution is 5.88. The third-order valence-corrected chi connectivity index (χ3v) is 2.29. The van der Waals surface area contributed by atoms with E-state index >= 15 is 0 Å². The summed E-state index contributed by atoms with van der Waals surface area (Å²) in [6.45, 7) is 15.2. The third kappa shape index (κ3) is 3.94. The molecule has 0 atom stereocenters. The zero-order valence-electron chi connectivity index (χ0n) is 9.96. The van der Waals surface area contributed by atoms with Gasteiger partial charge in [0.15, 0.2) is 5.71 Å². The Bertz CT molecular complexity index is 352. The van der Waals surface area contributed by atoms with Crippen molar-refractivity contribution in [3.63, 3.8) is 0 Å². The number of likely N-dealkylation sites (N-methyl/N-ethyl adjacent to an activating group) is 1. The fourth-order valence-electron chi connectivity index (χ4n) is 1.10. The first kappa shape index (κ1) is 13.4. The zero-order chi connectivity index (χ0) is 11.8. The van der Waals surface area contributed by atoms with E-state index in [0.29, 0.717) is 0 Å². The van der Waals surface area contributed by atoms with Gasteiger partial charge in [0.2, 0.25) is 5.70 Å². The van der Waals surface area contributed by atoms with E-state index in [1.54, 1.807) is 6.08 Å². The molecule has 80 valence electrons. The van der Waals surface area contributed by atoms with Gasteiger partial charge in [-0.25, -0.2) is 0 Å². The van der Waals surface area contributed by atoms with E-state index in [4.69, 9.17) is 0 Å². The van der Waals surface area contributed by atoms with Crippen LogP contribution in [0.25, 0.3) is 0 Å². The third-order valence-electron chi connectivity index (χ3n) is 2.29. The van der Waals surface area contributed by atoms with Gasteiger partial charge in [-0.05, 0) is 13.0 Å². The van der Waals surface area contributed by atoms with Gasteiger partial charge in [0.25, 0.3) is 0 Å². The molecule has 1 heteroatoms. The lowest BCUT2D eigenvalue weighted by atomic mass is 10.2. The molecule has 0 aromatic carbocycles. The van der Waals surface area contributed by atoms with E-state index in [-0.39, 0.29) is 0 Å². The van der Waals surface area contributed by atoms with Crippen molar-refractivity contribution in [3.8, 4) is 0 Å². The molecule has 0 aliphatic carbocycles. The Morgan fingerprint density at radius 3 is 2.07 bits per heavy atom. The van der Waals surface area contributed by atoms with Crippen molar-refractivity contribution in [2.45, 2.75) is 13.8 Å². The average molecular weight is 202 g/mol. The number of hydrogen-bond donors (Lipinski definition) is 0. The van der Waals surface area contributed by atoms with E-state index in [2.05, 4.69) is 24.3 Å². The van der Waals surface area contributed by atoms with E-state index < -0.39 is 0 Å². The normalized spacial score (nSPS) is 14.3. The molecule has 1 nitrogen and oxygen atoms in total. The molecule has 0 spiro atoms. The summed E-state index contributed by atoms with van der Waals surface area (Å²) in [7, 11) is 2.01. The number of allylic oxidation sites excluding steroid dienone is 6. The molecule has 0 aliphatic rings. The minimum Gasteiger partial charge on any atom is -0.199 e. The first-order chi connectivity index (χ1) is 7.08. The Labute approximate surface area is 93.1 Å². The number of nitrogens with zero attached hydrogens (tertiary/aromatic N) is 1. The zero-order valence-corrected chi connectivity index (χ0v) is 9.96. The monoisotopic (exact) mass is 202 g/mol. The van der Waals surface area contributed by atoms with Crippen molar-refractivity contribution in [1.82, 2.24) is 0 Å². The topological polar surface area (TPSA) is 3.01 Å². The molecule has 0 saturated heterocycles. The van der Waals surface area contributed by atoms with Crippen molar-refractivity contribution < 1.29 is 4.58 Å². The van der Waals surface area contributed by atoms with Gasteiger partial charge >= 0.3 is 0 Å². The van der Waals surface area contributed by atoms with E-state index in [1.807, 2.05) is 45.2 Å². The summed E-state index contributed by atoms with van der Waals surface area (Å²) in [5, 5.41) is 0. The highest BCUT2D eigenvalue weighted by Gasteiger charge is 2.09. The van der Waals surface area contributed by atoms with Gasteiger partial charge in [-0.2, -0.15) is 4.58 Å². The summed E-state index contributed by atoms with van der Waals surface area (Å²) in [6.07, 6.45) is 9.35. The molecular formula is C14H20N+. The SMILES string of the molecule is C=C/C=C\C(=C(\C)C=C)[N+](C)=C(C)C=C. The van der Waals surface area contributed by atoms with E-state index in [0.717, 1.165) is 17.0 Å². The van der Waals surface area contributed by atoms with Crippen LogP contribution >= 0.6 is 0 Å². The lowest BCUT2D eigenvalue weighted by Gasteiger charge is -2.02. The molecule has 15 heavy (non-hydrogen) atoms. The van der Waals surface area contributed by atoms with Crippen LogP contribution in [0.3, 0.4) is 0 Å². The van der Waals surface area contributed by atoms with Gasteiger partial charge in [-0.3, -0.25) is 0 Å². The fraction of sp³-hybridized carbons (Fsp3) is 0.214. The Morgan fingerprint density at radius 1 is 1.07 bits per heavy atom. The molecule has 0 aromatic rings. The molecule has 0 heterocycles. The van der Waals surface area contributed by atoms with Crippen molar-refractivity contribution in [2.24, 2.45) is 0 Å². The van der Waals surface area contributed by atoms with Gasteiger partial charge < -0.3 is 0 Å². The number of rotatable bonds is 5. The molecule has 0 bridgehead atoms. The Hall–Kier alpha value is -1.63. The lowest BCUT2D eigenvalue weighted by Crippen LogP contribution is -2.12. The van der Waals surface area contributed by atoms with Gasteiger partial charge in [-0.1, -0.05) is 38.0 Å². The van der Waals surface area contributed by atoms with Crippen LogP contribution in [0, 0.1) is 0 Å². The molecule has 0 radical (unpaired) electrons. The van der Waals surface area contributed by atoms with Gasteiger partial charge in [0.1, 0.15) is 7.05 Å². The van der Waals surface area contributed by atoms with Gasteiger partial charge in [-0.15, -0.1) is 0 Å². The molecule has 0 aromatic heterocycles. The molecule has 0 N–H and O–H groups in total. The summed E-state index contributed by atoms with van der Waals surface area (Å²) >= 11 is 0. The molecule has 0 fully saturated rings. The summed E-state index contributed by atoms with van der Waals surface area (Å²) < 4.78 is 2.07. The first-order valence-corrected chi connectivity index (χ1v) is 4.90. The fourth-order valence-corrected chi connectivity index (χ4v) is 1.10. The highest BCUT2D eigenvalue weighted by atomic mass is 15.0. The predicted octanol–water partition coefficient (Wildman–Crippen LogP) is 3.48. The number of hydrogen-bond acceptors (Lipinski definition) is 0. The minimum absolute atomic E-state index is 1.10. The Morgan fingerprint density at radius 2 is 1.67 bits per heavy atom. The van der Waals surface area contributed by atoms with E-state index in [1.165, 1.54) is 0 Å². The van der Waals surface area contributed by atoms with Gasteiger partial charge in [0.05, 0.1) is 0 Å². The molecular weight excluding hydrogens is 182 g/mol. The summed E-state index contributed by atoms with van der Waals surface area (Å²) in [6, 6.07) is 0. The van der Waals surface area contributed by atoms with Crippen molar-refractivity contribution in [1.29, 1.82) is 0 Å². The van der Waals surface area contributed by atoms with Crippen molar-refractivity contribution in [3.05, 3.63) is 61.4 Å². The van der Waals surface area contributed by atoms with Crippen LogP contribution in [0.1, 0.15) is 13.8 Å². The summed E-state index contributed by atoms with van der Waals surface area (Å²) in [4.78, 5) is 0. The highest BCUT2D eigenvalue weighted by Crippen LogP contribution is 2.08. The molecule has 0 amide bonds. The van der Waals surface area contributed by atoms with Crippen LogP contribution in [0.5, 0.6) is 0 Å². The molecule has 0 saturated carbocycles. The molecule has 0 aliphatic heterocycles. The van der Waals surface area contributed by atoms with Crippen LogP contribution < -0.4 is 0 Å². The summed E-state index contributed by atoms with van der Waals surface area (Å²) in [5.41, 5.74) is 3.32. The largest absolute Gasteiger partial charge is 0.208 e. The maximum atomic E-state index is 3.78. The standard InChI is InChI=1S/C14H20N/c1-7-10-11-14(12(4)8-2)15(6)13(5)9-3/h7-11H,1-3H2,4-6H3/q+1/b11-10-,14-12+,15-13?. The van der Waals surface area contributed by atoms with Crippen molar-refractivity contribution in [2.75, 3.05) is 7.05 Å². The lowest BCUT2D eigenvalue weighted by molar-refractivity contribution is -0.438. The summed E-state index contributed by atoms with van der Waals surface area (Å²) in [5.74, 6) is 0. The van der Waals surface area contributed by atoms with Crippen LogP contribution in [0.4, 0.5) is 0 Å². The predicted molar refractivity (Wildman–Crippen MR) is 69.3 cm³/mol. The quantitative estimate of drug-likeness (QED) is 0.365. The van der Waals surface area contributed by atoms with Crippen LogP contribution in [0.15, 0.2) is 61.4 Å². The maximum Gasteiger partial charge on any atom is 0.208 e. The maximum absolute atomic E-state index is 3.78. The molecule has 0 unspecified atom stereocenters. The smallest absolute Gasteiger partial charge is 0.199 e. The van der Waals surface area contributed by atoms with Gasteiger partial charge in [0, 0.05) is 18.6 Å².